The SMILES string of the molecule is CN(C)CCNC(=O)Cn1c(Cc2ccccc2)nn(-c2ccc(Cl)cc2)c1=O. The molecule has 1 heterocycles. The van der Waals surface area contributed by atoms with Crippen molar-refractivity contribution in [2.45, 2.75) is 13.0 Å². The maximum absolute atomic E-state index is 13.0. The van der Waals surface area contributed by atoms with Gasteiger partial charge in [-0.05, 0) is 43.9 Å². The number of amides is 1. The summed E-state index contributed by atoms with van der Waals surface area (Å²) in [5.74, 6) is 0.304. The van der Waals surface area contributed by atoms with Crippen LogP contribution in [-0.4, -0.2) is 52.3 Å². The molecule has 0 saturated carbocycles. The molecule has 3 rings (SSSR count). The minimum Gasteiger partial charge on any atom is -0.353 e. The zero-order valence-corrected chi connectivity index (χ0v) is 17.3. The zero-order valence-electron chi connectivity index (χ0n) is 16.5. The average molecular weight is 414 g/mol. The molecule has 0 aliphatic rings. The topological polar surface area (TPSA) is 72.2 Å². The number of aromatic nitrogens is 3. The Bertz CT molecular complexity index is 1010. The lowest BCUT2D eigenvalue weighted by atomic mass is 10.1. The maximum Gasteiger partial charge on any atom is 0.351 e. The summed E-state index contributed by atoms with van der Waals surface area (Å²) in [6, 6.07) is 16.6. The van der Waals surface area contributed by atoms with Crippen molar-refractivity contribution in [3.8, 4) is 5.69 Å². The first-order chi connectivity index (χ1) is 13.9. The number of hydrogen-bond acceptors (Lipinski definition) is 4. The van der Waals surface area contributed by atoms with Crippen LogP contribution in [-0.2, 0) is 17.8 Å². The van der Waals surface area contributed by atoms with Crippen LogP contribution in [0.3, 0.4) is 0 Å². The quantitative estimate of drug-likeness (QED) is 0.612. The minimum atomic E-state index is -0.360. The fraction of sp³-hybridized carbons (Fsp3) is 0.286. The molecular weight excluding hydrogens is 390 g/mol. The second-order valence-corrected chi connectivity index (χ2v) is 7.43. The number of likely N-dealkylation sites (N-methyl/N-ethyl adjacent to an activating group) is 1. The lowest BCUT2D eigenvalue weighted by Crippen LogP contribution is -2.36. The molecule has 1 N–H and O–H groups in total. The second kappa shape index (κ2) is 9.54. The lowest BCUT2D eigenvalue weighted by molar-refractivity contribution is -0.121. The van der Waals surface area contributed by atoms with Gasteiger partial charge in [-0.1, -0.05) is 41.9 Å². The average Bonchev–Trinajstić information content (AvgIpc) is 2.99. The predicted molar refractivity (Wildman–Crippen MR) is 114 cm³/mol. The smallest absolute Gasteiger partial charge is 0.351 e. The van der Waals surface area contributed by atoms with Crippen LogP contribution in [0.5, 0.6) is 0 Å². The molecule has 0 radical (unpaired) electrons. The zero-order chi connectivity index (χ0) is 20.8. The van der Waals surface area contributed by atoms with Crippen LogP contribution in [0, 0.1) is 0 Å². The van der Waals surface area contributed by atoms with E-state index in [2.05, 4.69) is 10.4 Å². The van der Waals surface area contributed by atoms with Crippen molar-refractivity contribution in [3.05, 3.63) is 81.5 Å². The van der Waals surface area contributed by atoms with Gasteiger partial charge in [-0.15, -0.1) is 5.10 Å². The highest BCUT2D eigenvalue weighted by Crippen LogP contribution is 2.13. The molecule has 1 amide bonds. The largest absolute Gasteiger partial charge is 0.353 e. The van der Waals surface area contributed by atoms with E-state index in [0.29, 0.717) is 29.5 Å². The Morgan fingerprint density at radius 3 is 2.45 bits per heavy atom. The highest BCUT2D eigenvalue weighted by molar-refractivity contribution is 6.30. The Balaban J connectivity index is 1.90. The van der Waals surface area contributed by atoms with Gasteiger partial charge in [0.2, 0.25) is 5.91 Å². The highest BCUT2D eigenvalue weighted by Gasteiger charge is 2.17. The Morgan fingerprint density at radius 2 is 1.79 bits per heavy atom. The van der Waals surface area contributed by atoms with Crippen molar-refractivity contribution < 1.29 is 4.79 Å². The minimum absolute atomic E-state index is 0.0813. The Morgan fingerprint density at radius 1 is 1.10 bits per heavy atom. The lowest BCUT2D eigenvalue weighted by Gasteiger charge is -2.11. The number of benzene rings is 2. The molecule has 8 heteroatoms. The summed E-state index contributed by atoms with van der Waals surface area (Å²) in [6.07, 6.45) is 0.446. The van der Waals surface area contributed by atoms with Crippen molar-refractivity contribution in [2.24, 2.45) is 0 Å². The van der Waals surface area contributed by atoms with Crippen LogP contribution in [0.15, 0.2) is 59.4 Å². The van der Waals surface area contributed by atoms with Gasteiger partial charge in [0.05, 0.1) is 5.69 Å². The fourth-order valence-electron chi connectivity index (χ4n) is 2.87. The summed E-state index contributed by atoms with van der Waals surface area (Å²) in [6.45, 7) is 1.16. The summed E-state index contributed by atoms with van der Waals surface area (Å²) in [5.41, 5.74) is 1.25. The van der Waals surface area contributed by atoms with E-state index in [1.54, 1.807) is 24.3 Å². The van der Waals surface area contributed by atoms with E-state index in [4.69, 9.17) is 11.6 Å². The van der Waals surface area contributed by atoms with Crippen molar-refractivity contribution in [3.63, 3.8) is 0 Å². The summed E-state index contributed by atoms with van der Waals surface area (Å²) in [5, 5.41) is 7.92. The van der Waals surface area contributed by atoms with Crippen LogP contribution in [0.4, 0.5) is 0 Å². The van der Waals surface area contributed by atoms with Gasteiger partial charge in [-0.2, -0.15) is 4.68 Å². The number of nitrogens with one attached hydrogen (secondary N) is 1. The standard InChI is InChI=1S/C21H24ClN5O2/c1-25(2)13-12-23-20(28)15-26-19(14-16-6-4-3-5-7-16)24-27(21(26)29)18-10-8-17(22)9-11-18/h3-11H,12-15H2,1-2H3,(H,23,28). The fourth-order valence-corrected chi connectivity index (χ4v) is 3.00. The third-order valence-corrected chi connectivity index (χ3v) is 4.65. The van der Waals surface area contributed by atoms with Gasteiger partial charge in [0.1, 0.15) is 12.4 Å². The van der Waals surface area contributed by atoms with Crippen molar-refractivity contribution in [2.75, 3.05) is 27.2 Å². The first-order valence-electron chi connectivity index (χ1n) is 9.34. The van der Waals surface area contributed by atoms with Gasteiger partial charge < -0.3 is 10.2 Å². The summed E-state index contributed by atoms with van der Waals surface area (Å²) in [4.78, 5) is 27.4. The molecule has 0 bridgehead atoms. The van der Waals surface area contributed by atoms with Gasteiger partial charge in [-0.25, -0.2) is 4.79 Å². The molecule has 0 fully saturated rings. The molecule has 0 aliphatic carbocycles. The molecule has 0 spiro atoms. The molecule has 152 valence electrons. The van der Waals surface area contributed by atoms with E-state index in [-0.39, 0.29) is 18.1 Å². The van der Waals surface area contributed by atoms with Gasteiger partial charge in [0.15, 0.2) is 0 Å². The van der Waals surface area contributed by atoms with Crippen LogP contribution in [0.2, 0.25) is 5.02 Å². The normalized spacial score (nSPS) is 11.0. The Labute approximate surface area is 174 Å². The van der Waals surface area contributed by atoms with Crippen molar-refractivity contribution >= 4 is 17.5 Å². The van der Waals surface area contributed by atoms with Crippen LogP contribution in [0.1, 0.15) is 11.4 Å². The van der Waals surface area contributed by atoms with E-state index in [1.807, 2.05) is 49.3 Å². The van der Waals surface area contributed by atoms with Gasteiger partial charge in [-0.3, -0.25) is 9.36 Å². The predicted octanol–water partition coefficient (Wildman–Crippen LogP) is 1.96. The molecule has 0 aliphatic heterocycles. The van der Waals surface area contributed by atoms with E-state index in [0.717, 1.165) is 12.1 Å². The summed E-state index contributed by atoms with van der Waals surface area (Å²) >= 11 is 5.95. The molecule has 3 aromatic rings. The molecular formula is C21H24ClN5O2. The molecule has 1 aromatic heterocycles. The number of nitrogens with zero attached hydrogens (tertiary/aromatic N) is 4. The molecule has 0 unspecified atom stereocenters. The molecule has 0 saturated heterocycles. The molecule has 0 atom stereocenters. The van der Waals surface area contributed by atoms with Gasteiger partial charge >= 0.3 is 5.69 Å². The number of hydrogen-bond donors (Lipinski definition) is 1. The Hall–Kier alpha value is -2.90. The van der Waals surface area contributed by atoms with Gasteiger partial charge in [0.25, 0.3) is 0 Å². The third-order valence-electron chi connectivity index (χ3n) is 4.40. The first kappa shape index (κ1) is 20.8. The number of carbonyl (C=O) groups excluding carboxylic acids is 1. The van der Waals surface area contributed by atoms with Crippen molar-refractivity contribution in [1.29, 1.82) is 0 Å². The number of rotatable bonds is 8. The molecule has 2 aromatic carbocycles. The van der Waals surface area contributed by atoms with Crippen molar-refractivity contribution in [1.82, 2.24) is 24.6 Å². The third kappa shape index (κ3) is 5.56. The summed E-state index contributed by atoms with van der Waals surface area (Å²) in [7, 11) is 3.87. The highest BCUT2D eigenvalue weighted by atomic mass is 35.5. The number of carbonyl (C=O) groups is 1. The van der Waals surface area contributed by atoms with E-state index in [1.165, 1.54) is 9.25 Å². The van der Waals surface area contributed by atoms with Crippen LogP contribution in [0.25, 0.3) is 5.69 Å². The van der Waals surface area contributed by atoms with Crippen LogP contribution >= 0.6 is 11.6 Å². The van der Waals surface area contributed by atoms with E-state index < -0.39 is 0 Å². The van der Waals surface area contributed by atoms with Crippen LogP contribution < -0.4 is 11.0 Å². The van der Waals surface area contributed by atoms with E-state index in [9.17, 15) is 9.59 Å². The second-order valence-electron chi connectivity index (χ2n) is 6.99. The maximum atomic E-state index is 13.0. The number of halogens is 1. The van der Waals surface area contributed by atoms with Gasteiger partial charge in [0, 0.05) is 24.5 Å². The molecule has 29 heavy (non-hydrogen) atoms. The monoisotopic (exact) mass is 413 g/mol. The first-order valence-corrected chi connectivity index (χ1v) is 9.72. The molecule has 7 nitrogen and oxygen atoms in total. The van der Waals surface area contributed by atoms with E-state index >= 15 is 0 Å². The summed E-state index contributed by atoms with van der Waals surface area (Å²) < 4.78 is 2.73. The Kier molecular flexibility index (Phi) is 6.85.